The van der Waals surface area contributed by atoms with E-state index in [1.807, 2.05) is 25.1 Å². The summed E-state index contributed by atoms with van der Waals surface area (Å²) in [6.45, 7) is 6.98. The molecule has 6 nitrogen and oxygen atoms in total. The number of benzene rings is 1. The van der Waals surface area contributed by atoms with Gasteiger partial charge in [-0.05, 0) is 43.0 Å². The quantitative estimate of drug-likeness (QED) is 0.343. The van der Waals surface area contributed by atoms with Crippen molar-refractivity contribution in [1.82, 2.24) is 15.2 Å². The van der Waals surface area contributed by atoms with E-state index >= 15 is 0 Å². The number of pyridine rings is 1. The third-order valence-corrected chi connectivity index (χ3v) is 4.77. The highest BCUT2D eigenvalue weighted by Crippen LogP contribution is 2.22. The minimum atomic E-state index is -0.0779. The van der Waals surface area contributed by atoms with Gasteiger partial charge in [-0.15, -0.1) is 24.0 Å². The van der Waals surface area contributed by atoms with Crippen molar-refractivity contribution < 1.29 is 4.79 Å². The summed E-state index contributed by atoms with van der Waals surface area (Å²) < 4.78 is 0. The van der Waals surface area contributed by atoms with Crippen LogP contribution in [0, 0.1) is 6.92 Å². The van der Waals surface area contributed by atoms with Gasteiger partial charge in [0.15, 0.2) is 5.96 Å². The van der Waals surface area contributed by atoms with Gasteiger partial charge in [-0.25, -0.2) is 4.98 Å². The molecule has 2 N–H and O–H groups in total. The fourth-order valence-corrected chi connectivity index (χ4v) is 3.21. The standard InChI is InChI=1S/C23H29N5O.HI/c1-3-24-23(25-14-11-22(29)27-21-10-9-18(2)17-26-21)28-15-12-20(13-16-28)19-7-5-4-6-8-19;/h4-10,12,17H,3,11,13-16H2,1-2H3,(H,24,25)(H,26,27,29);1H. The third kappa shape index (κ3) is 7.12. The van der Waals surface area contributed by atoms with Gasteiger partial charge in [0.2, 0.25) is 5.91 Å². The Morgan fingerprint density at radius 1 is 1.20 bits per heavy atom. The number of hydrogen-bond acceptors (Lipinski definition) is 3. The molecule has 2 heterocycles. The van der Waals surface area contributed by atoms with Gasteiger partial charge in [-0.2, -0.15) is 0 Å². The third-order valence-electron chi connectivity index (χ3n) is 4.77. The SMILES string of the molecule is CCNC(=NCCC(=O)Nc1ccc(C)cn1)N1CC=C(c2ccccc2)CC1.I. The molecule has 1 aliphatic heterocycles. The summed E-state index contributed by atoms with van der Waals surface area (Å²) in [7, 11) is 0. The van der Waals surface area contributed by atoms with Crippen molar-refractivity contribution in [2.45, 2.75) is 26.7 Å². The molecule has 160 valence electrons. The van der Waals surface area contributed by atoms with E-state index in [4.69, 9.17) is 0 Å². The summed E-state index contributed by atoms with van der Waals surface area (Å²) in [4.78, 5) is 23.2. The Morgan fingerprint density at radius 2 is 2.00 bits per heavy atom. The summed E-state index contributed by atoms with van der Waals surface area (Å²) in [6, 6.07) is 14.2. The molecule has 7 heteroatoms. The van der Waals surface area contributed by atoms with Crippen LogP contribution in [0.25, 0.3) is 5.57 Å². The zero-order valence-electron chi connectivity index (χ0n) is 17.6. The molecule has 0 unspecified atom stereocenters. The average molecular weight is 519 g/mol. The topological polar surface area (TPSA) is 69.6 Å². The highest BCUT2D eigenvalue weighted by atomic mass is 127. The fraction of sp³-hybridized carbons (Fsp3) is 0.348. The van der Waals surface area contributed by atoms with Crippen molar-refractivity contribution in [3.8, 4) is 0 Å². The van der Waals surface area contributed by atoms with Crippen LogP contribution in [0.4, 0.5) is 5.82 Å². The molecule has 0 bridgehead atoms. The Bertz CT molecular complexity index is 865. The van der Waals surface area contributed by atoms with Gasteiger partial charge in [0.05, 0.1) is 6.54 Å². The molecule has 1 aromatic carbocycles. The minimum Gasteiger partial charge on any atom is -0.357 e. The first-order valence-electron chi connectivity index (χ1n) is 10.2. The molecular weight excluding hydrogens is 489 g/mol. The van der Waals surface area contributed by atoms with E-state index in [1.54, 1.807) is 6.20 Å². The van der Waals surface area contributed by atoms with Crippen LogP contribution in [0.2, 0.25) is 0 Å². The molecule has 2 aromatic rings. The number of carbonyl (C=O) groups excluding carboxylic acids is 1. The second-order valence-electron chi connectivity index (χ2n) is 7.05. The predicted octanol–water partition coefficient (Wildman–Crippen LogP) is 4.09. The van der Waals surface area contributed by atoms with Crippen LogP contribution < -0.4 is 10.6 Å². The van der Waals surface area contributed by atoms with Crippen LogP contribution >= 0.6 is 24.0 Å². The first-order chi connectivity index (χ1) is 14.2. The number of guanidine groups is 1. The number of hydrogen-bond donors (Lipinski definition) is 2. The number of aryl methyl sites for hydroxylation is 1. The van der Waals surface area contributed by atoms with Gasteiger partial charge in [0.1, 0.15) is 5.82 Å². The monoisotopic (exact) mass is 519 g/mol. The van der Waals surface area contributed by atoms with Crippen LogP contribution in [0.5, 0.6) is 0 Å². The van der Waals surface area contributed by atoms with Crippen molar-refractivity contribution in [3.63, 3.8) is 0 Å². The van der Waals surface area contributed by atoms with Gasteiger partial charge in [-0.3, -0.25) is 9.79 Å². The van der Waals surface area contributed by atoms with E-state index in [0.29, 0.717) is 18.8 Å². The van der Waals surface area contributed by atoms with E-state index in [0.717, 1.165) is 37.6 Å². The summed E-state index contributed by atoms with van der Waals surface area (Å²) in [5.41, 5.74) is 3.73. The smallest absolute Gasteiger partial charge is 0.227 e. The van der Waals surface area contributed by atoms with Crippen LogP contribution in [0.3, 0.4) is 0 Å². The van der Waals surface area contributed by atoms with Crippen LogP contribution in [-0.2, 0) is 4.79 Å². The van der Waals surface area contributed by atoms with Crippen molar-refractivity contribution >= 4 is 47.2 Å². The largest absolute Gasteiger partial charge is 0.357 e. The Morgan fingerprint density at radius 3 is 2.63 bits per heavy atom. The number of aromatic nitrogens is 1. The predicted molar refractivity (Wildman–Crippen MR) is 134 cm³/mol. The zero-order valence-corrected chi connectivity index (χ0v) is 19.9. The Labute approximate surface area is 195 Å². The number of aliphatic imine (C=N–C) groups is 1. The Hall–Kier alpha value is -2.42. The fourth-order valence-electron chi connectivity index (χ4n) is 3.21. The van der Waals surface area contributed by atoms with Crippen LogP contribution in [0.15, 0.2) is 59.7 Å². The lowest BCUT2D eigenvalue weighted by Gasteiger charge is -2.29. The molecule has 1 aliphatic rings. The number of halogens is 1. The van der Waals surface area contributed by atoms with E-state index < -0.39 is 0 Å². The average Bonchev–Trinajstić information content (AvgIpc) is 2.75. The van der Waals surface area contributed by atoms with Crippen LogP contribution in [-0.4, -0.2) is 47.9 Å². The first kappa shape index (κ1) is 23.9. The van der Waals surface area contributed by atoms with Gasteiger partial charge in [0, 0.05) is 32.3 Å². The molecule has 1 aromatic heterocycles. The van der Waals surface area contributed by atoms with Crippen LogP contribution in [0.1, 0.15) is 30.9 Å². The molecule has 0 saturated heterocycles. The lowest BCUT2D eigenvalue weighted by molar-refractivity contribution is -0.116. The van der Waals surface area contributed by atoms with Gasteiger partial charge < -0.3 is 15.5 Å². The second-order valence-corrected chi connectivity index (χ2v) is 7.05. The normalized spacial score (nSPS) is 13.9. The number of nitrogens with zero attached hydrogens (tertiary/aromatic N) is 3. The first-order valence-corrected chi connectivity index (χ1v) is 10.2. The molecule has 0 spiro atoms. The lowest BCUT2D eigenvalue weighted by atomic mass is 10.00. The summed E-state index contributed by atoms with van der Waals surface area (Å²) in [5.74, 6) is 1.36. The Kier molecular flexibility index (Phi) is 9.79. The Balaban J connectivity index is 0.00000320. The molecule has 0 atom stereocenters. The zero-order chi connectivity index (χ0) is 20.5. The minimum absolute atomic E-state index is 0. The summed E-state index contributed by atoms with van der Waals surface area (Å²) in [6.07, 6.45) is 5.31. The van der Waals surface area contributed by atoms with Gasteiger partial charge >= 0.3 is 0 Å². The van der Waals surface area contributed by atoms with Crippen molar-refractivity contribution in [3.05, 3.63) is 65.9 Å². The summed E-state index contributed by atoms with van der Waals surface area (Å²) >= 11 is 0. The number of nitrogens with one attached hydrogen (secondary N) is 2. The van der Waals surface area contributed by atoms with Crippen molar-refractivity contribution in [1.29, 1.82) is 0 Å². The maximum atomic E-state index is 12.1. The van der Waals surface area contributed by atoms with Crippen molar-refractivity contribution in [2.24, 2.45) is 4.99 Å². The lowest BCUT2D eigenvalue weighted by Crippen LogP contribution is -2.43. The molecule has 0 radical (unpaired) electrons. The maximum Gasteiger partial charge on any atom is 0.227 e. The van der Waals surface area contributed by atoms with E-state index in [9.17, 15) is 4.79 Å². The molecule has 1 amide bonds. The summed E-state index contributed by atoms with van der Waals surface area (Å²) in [5, 5.41) is 6.15. The number of anilines is 1. The van der Waals surface area contributed by atoms with E-state index in [2.05, 4.69) is 62.8 Å². The van der Waals surface area contributed by atoms with Gasteiger partial charge in [0.25, 0.3) is 0 Å². The molecule has 3 rings (SSSR count). The van der Waals surface area contributed by atoms with Crippen molar-refractivity contribution in [2.75, 3.05) is 31.5 Å². The number of amides is 1. The maximum absolute atomic E-state index is 12.1. The molecule has 0 aliphatic carbocycles. The number of rotatable bonds is 6. The molecule has 0 fully saturated rings. The second kappa shape index (κ2) is 12.3. The van der Waals surface area contributed by atoms with E-state index in [-0.39, 0.29) is 29.9 Å². The highest BCUT2D eigenvalue weighted by Gasteiger charge is 2.16. The highest BCUT2D eigenvalue weighted by molar-refractivity contribution is 14.0. The molecule has 30 heavy (non-hydrogen) atoms. The molecule has 0 saturated carbocycles. The number of carbonyl (C=O) groups is 1. The van der Waals surface area contributed by atoms with E-state index in [1.165, 1.54) is 11.1 Å². The molecular formula is C23H30IN5O. The van der Waals surface area contributed by atoms with Gasteiger partial charge in [-0.1, -0.05) is 42.5 Å².